The molecule has 0 bridgehead atoms. The van der Waals surface area contributed by atoms with E-state index in [0.29, 0.717) is 0 Å². The van der Waals surface area contributed by atoms with Gasteiger partial charge in [-0.1, -0.05) is 33.7 Å². The highest BCUT2D eigenvalue weighted by molar-refractivity contribution is 8.77. The van der Waals surface area contributed by atoms with Crippen molar-refractivity contribution in [1.29, 1.82) is 0 Å². The highest BCUT2D eigenvalue weighted by atomic mass is 33.1. The van der Waals surface area contributed by atoms with E-state index in [2.05, 4.69) is 13.8 Å². The van der Waals surface area contributed by atoms with E-state index >= 15 is 0 Å². The van der Waals surface area contributed by atoms with Gasteiger partial charge < -0.3 is 9.84 Å². The van der Waals surface area contributed by atoms with Gasteiger partial charge >= 0.3 is 0 Å². The molecule has 1 aliphatic rings. The van der Waals surface area contributed by atoms with Gasteiger partial charge in [0.1, 0.15) is 5.75 Å². The third kappa shape index (κ3) is 2.19. The molecule has 1 N–H and O–H groups in total. The van der Waals surface area contributed by atoms with Crippen LogP contribution in [0.15, 0.2) is 24.3 Å². The number of hydrogen-bond donors (Lipinski definition) is 1. The predicted molar refractivity (Wildman–Crippen MR) is 71.0 cm³/mol. The number of methoxy groups -OCH3 is 1. The Kier molecular flexibility index (Phi) is 3.42. The molecule has 0 saturated carbocycles. The minimum Gasteiger partial charge on any atom is -0.497 e. The van der Waals surface area contributed by atoms with E-state index in [4.69, 9.17) is 4.74 Å². The van der Waals surface area contributed by atoms with Crippen LogP contribution in [0.4, 0.5) is 0 Å². The van der Waals surface area contributed by atoms with E-state index in [-0.39, 0.29) is 16.1 Å². The van der Waals surface area contributed by atoms with Crippen LogP contribution >= 0.6 is 21.6 Å². The zero-order valence-electron chi connectivity index (χ0n) is 9.64. The first-order chi connectivity index (χ1) is 7.54. The second kappa shape index (κ2) is 4.51. The molecule has 1 aliphatic heterocycles. The monoisotopic (exact) mass is 256 g/mol. The Morgan fingerprint density at radius 3 is 2.69 bits per heavy atom. The molecular weight excluding hydrogens is 240 g/mol. The number of ether oxygens (including phenoxy) is 1. The zero-order valence-corrected chi connectivity index (χ0v) is 11.3. The first kappa shape index (κ1) is 12.1. The third-order valence-corrected chi connectivity index (χ3v) is 6.49. The van der Waals surface area contributed by atoms with Gasteiger partial charge in [0.15, 0.2) is 0 Å². The Morgan fingerprint density at radius 2 is 2.12 bits per heavy atom. The van der Waals surface area contributed by atoms with Crippen molar-refractivity contribution < 1.29 is 9.84 Å². The fourth-order valence-electron chi connectivity index (χ4n) is 1.70. The molecule has 16 heavy (non-hydrogen) atoms. The summed E-state index contributed by atoms with van der Waals surface area (Å²) in [6, 6.07) is 7.94. The quantitative estimate of drug-likeness (QED) is 0.822. The van der Waals surface area contributed by atoms with Crippen molar-refractivity contribution in [2.75, 3.05) is 7.11 Å². The van der Waals surface area contributed by atoms with Gasteiger partial charge in [-0.3, -0.25) is 0 Å². The first-order valence-corrected chi connectivity index (χ1v) is 7.42. The summed E-state index contributed by atoms with van der Waals surface area (Å²) in [6.07, 6.45) is -0.324. The van der Waals surface area contributed by atoms with Crippen LogP contribution in [0.25, 0.3) is 0 Å². The Balaban J connectivity index is 2.25. The summed E-state index contributed by atoms with van der Waals surface area (Å²) in [5.41, 5.74) is 1.13. The molecule has 2 rings (SSSR count). The lowest BCUT2D eigenvalue weighted by atomic mass is 9.97. The fraction of sp³-hybridized carbons (Fsp3) is 0.500. The number of benzene rings is 1. The first-order valence-electron chi connectivity index (χ1n) is 5.21. The van der Waals surface area contributed by atoms with Crippen molar-refractivity contribution in [2.24, 2.45) is 0 Å². The van der Waals surface area contributed by atoms with E-state index in [1.807, 2.05) is 24.3 Å². The van der Waals surface area contributed by atoms with E-state index < -0.39 is 0 Å². The van der Waals surface area contributed by atoms with E-state index in [9.17, 15) is 5.11 Å². The Morgan fingerprint density at radius 1 is 1.38 bits per heavy atom. The molecular formula is C12H16O2S2. The van der Waals surface area contributed by atoms with Gasteiger partial charge in [0.05, 0.1) is 18.5 Å². The summed E-state index contributed by atoms with van der Waals surface area (Å²) in [5.74, 6) is 0.847. The minimum absolute atomic E-state index is 0.0849. The molecule has 0 amide bonds. The second-order valence-corrected chi connectivity index (χ2v) is 7.42. The molecule has 0 radical (unpaired) electrons. The summed E-state index contributed by atoms with van der Waals surface area (Å²) in [4.78, 5) is 0. The van der Waals surface area contributed by atoms with Crippen LogP contribution in [0.2, 0.25) is 0 Å². The predicted octanol–water partition coefficient (Wildman–Crippen LogP) is 3.27. The largest absolute Gasteiger partial charge is 0.497 e. The van der Waals surface area contributed by atoms with Crippen LogP contribution in [-0.4, -0.2) is 23.1 Å². The lowest BCUT2D eigenvalue weighted by molar-refractivity contribution is 0.143. The van der Waals surface area contributed by atoms with E-state index in [1.165, 1.54) is 0 Å². The molecule has 1 fully saturated rings. The van der Waals surface area contributed by atoms with Gasteiger partial charge in [-0.2, -0.15) is 0 Å². The van der Waals surface area contributed by atoms with Crippen molar-refractivity contribution in [3.8, 4) is 5.75 Å². The molecule has 0 aliphatic carbocycles. The number of hydrogen-bond acceptors (Lipinski definition) is 4. The summed E-state index contributed by atoms with van der Waals surface area (Å²) in [5, 5.41) is 10.4. The molecule has 2 atom stereocenters. The second-order valence-electron chi connectivity index (χ2n) is 4.43. The molecule has 4 heteroatoms. The van der Waals surface area contributed by atoms with Gasteiger partial charge in [0, 0.05) is 4.75 Å². The lowest BCUT2D eigenvalue weighted by Crippen LogP contribution is -2.31. The Labute approximate surface area is 104 Å². The van der Waals surface area contributed by atoms with Crippen molar-refractivity contribution in [1.82, 2.24) is 0 Å². The summed E-state index contributed by atoms with van der Waals surface area (Å²) >= 11 is 0. The Bertz CT molecular complexity index is 379. The summed E-state index contributed by atoms with van der Waals surface area (Å²) in [7, 11) is 5.15. The van der Waals surface area contributed by atoms with Crippen molar-refractivity contribution in [2.45, 2.75) is 29.9 Å². The lowest BCUT2D eigenvalue weighted by Gasteiger charge is -2.23. The van der Waals surface area contributed by atoms with Crippen LogP contribution in [0, 0.1) is 0 Å². The topological polar surface area (TPSA) is 29.5 Å². The van der Waals surface area contributed by atoms with Crippen LogP contribution in [0.5, 0.6) is 5.75 Å². The fourth-order valence-corrected chi connectivity index (χ4v) is 5.07. The number of rotatable bonds is 2. The van der Waals surface area contributed by atoms with Crippen molar-refractivity contribution in [3.05, 3.63) is 29.8 Å². The molecule has 2 nitrogen and oxygen atoms in total. The maximum absolute atomic E-state index is 10.3. The van der Waals surface area contributed by atoms with Gasteiger partial charge in [-0.15, -0.1) is 0 Å². The average Bonchev–Trinajstić information content (AvgIpc) is 2.55. The van der Waals surface area contributed by atoms with Gasteiger partial charge in [0.25, 0.3) is 0 Å². The van der Waals surface area contributed by atoms with Crippen molar-refractivity contribution >= 4 is 21.6 Å². The smallest absolute Gasteiger partial charge is 0.119 e. The molecule has 1 saturated heterocycles. The standard InChI is InChI=1S/C12H16O2S2/c1-12(2)11(13)10(15-16-12)8-5-4-6-9(7-8)14-3/h4-7,10-11,13H,1-3H3. The van der Waals surface area contributed by atoms with Crippen LogP contribution in [0.3, 0.4) is 0 Å². The number of aliphatic hydroxyl groups is 1. The zero-order chi connectivity index (χ0) is 11.8. The van der Waals surface area contributed by atoms with E-state index in [1.54, 1.807) is 28.7 Å². The van der Waals surface area contributed by atoms with Gasteiger partial charge in [0.2, 0.25) is 0 Å². The maximum atomic E-state index is 10.3. The van der Waals surface area contributed by atoms with Gasteiger partial charge in [-0.25, -0.2) is 0 Å². The van der Waals surface area contributed by atoms with Crippen LogP contribution in [-0.2, 0) is 0 Å². The Hall–Kier alpha value is -0.320. The molecule has 88 valence electrons. The summed E-state index contributed by atoms with van der Waals surface area (Å²) in [6.45, 7) is 4.16. The highest BCUT2D eigenvalue weighted by Crippen LogP contribution is 2.58. The molecule has 0 spiro atoms. The number of aliphatic hydroxyl groups excluding tert-OH is 1. The maximum Gasteiger partial charge on any atom is 0.119 e. The minimum atomic E-state index is -0.324. The SMILES string of the molecule is COc1cccc(C2SSC(C)(C)C2O)c1. The third-order valence-electron chi connectivity index (χ3n) is 2.79. The average molecular weight is 256 g/mol. The molecule has 2 unspecified atom stereocenters. The molecule has 1 aromatic carbocycles. The van der Waals surface area contributed by atoms with Crippen LogP contribution in [0.1, 0.15) is 24.7 Å². The van der Waals surface area contributed by atoms with Gasteiger partial charge in [-0.05, 0) is 31.5 Å². The summed E-state index contributed by atoms with van der Waals surface area (Å²) < 4.78 is 5.12. The van der Waals surface area contributed by atoms with Crippen molar-refractivity contribution in [3.63, 3.8) is 0 Å². The molecule has 1 heterocycles. The van der Waals surface area contributed by atoms with E-state index in [0.717, 1.165) is 11.3 Å². The highest BCUT2D eigenvalue weighted by Gasteiger charge is 2.43. The molecule has 0 aromatic heterocycles. The normalized spacial score (nSPS) is 28.0. The molecule has 1 aromatic rings. The van der Waals surface area contributed by atoms with Crippen LogP contribution < -0.4 is 4.74 Å².